The Balaban J connectivity index is 4.80. The fraction of sp³-hybridized carbons (Fsp3) is 0.100. The highest BCUT2D eigenvalue weighted by Gasteiger charge is 1.93. The minimum absolute atomic E-state index is 0.757. The van der Waals surface area contributed by atoms with Crippen LogP contribution in [0.2, 0.25) is 0 Å². The molecule has 0 aliphatic carbocycles. The SMILES string of the molecule is C=C/C=C\C(N=C)=C(/C=C)NC. The molecule has 0 heterocycles. The quantitative estimate of drug-likeness (QED) is 0.485. The summed E-state index contributed by atoms with van der Waals surface area (Å²) in [6.45, 7) is 10.7. The first kappa shape index (κ1) is 10.4. The predicted molar refractivity (Wildman–Crippen MR) is 55.2 cm³/mol. The third-order valence-electron chi connectivity index (χ3n) is 1.31. The number of hydrogen-bond donors (Lipinski definition) is 1. The minimum atomic E-state index is 0.757. The standard InChI is InChI=1S/C10H14N2/c1-5-7-8-10(12-4)9(6-2)11-3/h5-8,11H,1-2,4H2,3H3/b8-7-,10-9-. The van der Waals surface area contributed by atoms with Crippen LogP contribution in [0.5, 0.6) is 0 Å². The van der Waals surface area contributed by atoms with Crippen LogP contribution in [0, 0.1) is 0 Å². The van der Waals surface area contributed by atoms with Gasteiger partial charge in [0, 0.05) is 7.05 Å². The van der Waals surface area contributed by atoms with Crippen LogP contribution in [0.4, 0.5) is 0 Å². The van der Waals surface area contributed by atoms with Crippen molar-refractivity contribution in [2.45, 2.75) is 0 Å². The van der Waals surface area contributed by atoms with Gasteiger partial charge in [0.05, 0.1) is 11.4 Å². The van der Waals surface area contributed by atoms with Crippen LogP contribution < -0.4 is 5.32 Å². The van der Waals surface area contributed by atoms with E-state index < -0.39 is 0 Å². The summed E-state index contributed by atoms with van der Waals surface area (Å²) in [5.74, 6) is 0. The van der Waals surface area contributed by atoms with Crippen LogP contribution in [-0.2, 0) is 0 Å². The largest absolute Gasteiger partial charge is 0.386 e. The van der Waals surface area contributed by atoms with Gasteiger partial charge in [0.2, 0.25) is 0 Å². The highest BCUT2D eigenvalue weighted by atomic mass is 14.9. The van der Waals surface area contributed by atoms with Crippen molar-refractivity contribution in [1.29, 1.82) is 0 Å². The molecule has 0 rings (SSSR count). The first-order chi connectivity index (χ1) is 5.79. The molecule has 0 saturated carbocycles. The van der Waals surface area contributed by atoms with Crippen molar-refractivity contribution in [3.8, 4) is 0 Å². The Kier molecular flexibility index (Phi) is 5.35. The number of likely N-dealkylation sites (N-methyl/N-ethyl adjacent to an activating group) is 1. The van der Waals surface area contributed by atoms with Crippen molar-refractivity contribution in [3.63, 3.8) is 0 Å². The lowest BCUT2D eigenvalue weighted by molar-refractivity contribution is 1.01. The van der Waals surface area contributed by atoms with Gasteiger partial charge in [-0.05, 0) is 18.9 Å². The molecule has 1 N–H and O–H groups in total. The molecule has 0 aromatic carbocycles. The molecule has 2 heteroatoms. The second-order valence-corrected chi connectivity index (χ2v) is 2.01. The Hall–Kier alpha value is -1.57. The summed E-state index contributed by atoms with van der Waals surface area (Å²) in [5, 5.41) is 2.95. The molecule has 0 aliphatic rings. The summed E-state index contributed by atoms with van der Waals surface area (Å²) in [4.78, 5) is 3.83. The maximum absolute atomic E-state index is 3.83. The molecule has 0 atom stereocenters. The highest BCUT2D eigenvalue weighted by Crippen LogP contribution is 2.04. The Labute approximate surface area is 73.7 Å². The lowest BCUT2D eigenvalue weighted by Crippen LogP contribution is -2.04. The van der Waals surface area contributed by atoms with Crippen molar-refractivity contribution in [2.24, 2.45) is 4.99 Å². The first-order valence-electron chi connectivity index (χ1n) is 3.60. The zero-order valence-corrected chi connectivity index (χ0v) is 7.38. The van der Waals surface area contributed by atoms with E-state index in [9.17, 15) is 0 Å². The second kappa shape index (κ2) is 6.16. The molecule has 0 saturated heterocycles. The molecule has 0 aliphatic heterocycles. The third kappa shape index (κ3) is 3.01. The fourth-order valence-electron chi connectivity index (χ4n) is 0.722. The topological polar surface area (TPSA) is 24.4 Å². The van der Waals surface area contributed by atoms with Crippen molar-refractivity contribution < 1.29 is 0 Å². The molecule has 0 fully saturated rings. The number of allylic oxidation sites excluding steroid dienone is 4. The Bertz CT molecular complexity index is 234. The van der Waals surface area contributed by atoms with Gasteiger partial charge in [0.15, 0.2) is 0 Å². The lowest BCUT2D eigenvalue weighted by atomic mass is 10.3. The molecular weight excluding hydrogens is 148 g/mol. The molecule has 0 spiro atoms. The zero-order chi connectivity index (χ0) is 9.40. The Morgan fingerprint density at radius 3 is 2.42 bits per heavy atom. The van der Waals surface area contributed by atoms with Gasteiger partial charge >= 0.3 is 0 Å². The van der Waals surface area contributed by atoms with Gasteiger partial charge in [-0.25, -0.2) is 0 Å². The third-order valence-corrected chi connectivity index (χ3v) is 1.31. The predicted octanol–water partition coefficient (Wildman–Crippen LogP) is 2.05. The minimum Gasteiger partial charge on any atom is -0.386 e. The molecule has 0 amide bonds. The fourth-order valence-corrected chi connectivity index (χ4v) is 0.722. The van der Waals surface area contributed by atoms with Gasteiger partial charge in [-0.15, -0.1) is 0 Å². The van der Waals surface area contributed by atoms with E-state index in [1.54, 1.807) is 18.2 Å². The number of nitrogens with zero attached hydrogens (tertiary/aromatic N) is 1. The molecule has 2 nitrogen and oxygen atoms in total. The molecule has 0 radical (unpaired) electrons. The summed E-state index contributed by atoms with van der Waals surface area (Å²) < 4.78 is 0. The van der Waals surface area contributed by atoms with E-state index >= 15 is 0 Å². The van der Waals surface area contributed by atoms with Crippen LogP contribution in [0.25, 0.3) is 0 Å². The molecule has 64 valence electrons. The van der Waals surface area contributed by atoms with Crippen LogP contribution in [-0.4, -0.2) is 13.8 Å². The highest BCUT2D eigenvalue weighted by molar-refractivity contribution is 5.39. The van der Waals surface area contributed by atoms with E-state index in [0.717, 1.165) is 11.4 Å². The summed E-state index contributed by atoms with van der Waals surface area (Å²) in [7, 11) is 1.81. The van der Waals surface area contributed by atoms with E-state index in [2.05, 4.69) is 30.2 Å². The lowest BCUT2D eigenvalue weighted by Gasteiger charge is -2.02. The second-order valence-electron chi connectivity index (χ2n) is 2.01. The average Bonchev–Trinajstić information content (AvgIpc) is 2.12. The van der Waals surface area contributed by atoms with E-state index in [1.165, 1.54) is 0 Å². The smallest absolute Gasteiger partial charge is 0.0853 e. The maximum Gasteiger partial charge on any atom is 0.0853 e. The molecule has 0 aromatic rings. The summed E-state index contributed by atoms with van der Waals surface area (Å²) in [6.07, 6.45) is 6.98. The Morgan fingerprint density at radius 2 is 2.08 bits per heavy atom. The zero-order valence-electron chi connectivity index (χ0n) is 7.38. The van der Waals surface area contributed by atoms with Gasteiger partial charge in [0.1, 0.15) is 0 Å². The number of hydrogen-bond acceptors (Lipinski definition) is 2. The molecular formula is C10H14N2. The average molecular weight is 162 g/mol. The Morgan fingerprint density at radius 1 is 1.42 bits per heavy atom. The molecule has 0 bridgehead atoms. The van der Waals surface area contributed by atoms with Crippen LogP contribution in [0.1, 0.15) is 0 Å². The molecule has 0 unspecified atom stereocenters. The van der Waals surface area contributed by atoms with E-state index in [-0.39, 0.29) is 0 Å². The van der Waals surface area contributed by atoms with Gasteiger partial charge in [-0.3, -0.25) is 4.99 Å². The number of aliphatic imine (C=N–C) groups is 1. The number of rotatable bonds is 5. The number of nitrogens with one attached hydrogen (secondary N) is 1. The van der Waals surface area contributed by atoms with E-state index in [4.69, 9.17) is 0 Å². The van der Waals surface area contributed by atoms with Crippen molar-refractivity contribution in [2.75, 3.05) is 7.05 Å². The van der Waals surface area contributed by atoms with Crippen molar-refractivity contribution in [1.82, 2.24) is 5.32 Å². The summed E-state index contributed by atoms with van der Waals surface area (Å²) >= 11 is 0. The molecule has 0 aromatic heterocycles. The van der Waals surface area contributed by atoms with Crippen LogP contribution >= 0.6 is 0 Å². The van der Waals surface area contributed by atoms with Crippen LogP contribution in [0.15, 0.2) is 53.8 Å². The van der Waals surface area contributed by atoms with Gasteiger partial charge in [0.25, 0.3) is 0 Å². The first-order valence-corrected chi connectivity index (χ1v) is 3.60. The summed E-state index contributed by atoms with van der Waals surface area (Å²) in [6, 6.07) is 0. The van der Waals surface area contributed by atoms with Gasteiger partial charge in [-0.2, -0.15) is 0 Å². The van der Waals surface area contributed by atoms with Gasteiger partial charge < -0.3 is 5.32 Å². The normalized spacial score (nSPS) is 12.1. The van der Waals surface area contributed by atoms with Crippen LogP contribution in [0.3, 0.4) is 0 Å². The van der Waals surface area contributed by atoms with E-state index in [1.807, 2.05) is 13.1 Å². The summed E-state index contributed by atoms with van der Waals surface area (Å²) in [5.41, 5.74) is 1.61. The maximum atomic E-state index is 3.83. The van der Waals surface area contributed by atoms with Crippen molar-refractivity contribution in [3.05, 3.63) is 48.9 Å². The monoisotopic (exact) mass is 162 g/mol. The van der Waals surface area contributed by atoms with Crippen molar-refractivity contribution >= 4 is 6.72 Å². The van der Waals surface area contributed by atoms with Gasteiger partial charge in [-0.1, -0.05) is 25.3 Å². The molecule has 12 heavy (non-hydrogen) atoms. The van der Waals surface area contributed by atoms with E-state index in [0.29, 0.717) is 0 Å².